The number of aryl methyl sites for hydroxylation is 1. The molecule has 3 aromatic rings. The Morgan fingerprint density at radius 2 is 1.74 bits per heavy atom. The molecule has 0 amide bonds. The Labute approximate surface area is 183 Å². The molecule has 31 heavy (non-hydrogen) atoms. The first kappa shape index (κ1) is 22.3. The zero-order chi connectivity index (χ0) is 21.7. The second-order valence-corrected chi connectivity index (χ2v) is 7.38. The molecule has 0 atom stereocenters. The highest BCUT2D eigenvalue weighted by Gasteiger charge is 2.04. The Kier molecular flexibility index (Phi) is 8.91. The van der Waals surface area contributed by atoms with E-state index < -0.39 is 0 Å². The molecule has 0 fully saturated rings. The maximum absolute atomic E-state index is 8.24. The molecule has 0 saturated carbocycles. The third-order valence-corrected chi connectivity index (χ3v) is 5.00. The molecule has 7 nitrogen and oxygen atoms in total. The van der Waals surface area contributed by atoms with Crippen LogP contribution in [0.25, 0.3) is 0 Å². The van der Waals surface area contributed by atoms with E-state index >= 15 is 0 Å². The van der Waals surface area contributed by atoms with Gasteiger partial charge in [0, 0.05) is 17.8 Å². The lowest BCUT2D eigenvalue weighted by molar-refractivity contribution is 0.304. The average molecular weight is 422 g/mol. The molecule has 0 aliphatic carbocycles. The minimum Gasteiger partial charge on any atom is -0.497 e. The molecule has 0 saturated heterocycles. The van der Waals surface area contributed by atoms with Crippen molar-refractivity contribution in [2.75, 3.05) is 19.0 Å². The van der Waals surface area contributed by atoms with Crippen molar-refractivity contribution in [3.63, 3.8) is 0 Å². The number of hydrogen-bond donors (Lipinski definition) is 2. The quantitative estimate of drug-likeness (QED) is 0.227. The van der Waals surface area contributed by atoms with E-state index in [1.54, 1.807) is 19.8 Å². The fourth-order valence-corrected chi connectivity index (χ4v) is 3.25. The van der Waals surface area contributed by atoms with E-state index in [0.717, 1.165) is 48.7 Å². The summed E-state index contributed by atoms with van der Waals surface area (Å²) in [6.45, 7) is 1.68. The lowest BCUT2D eigenvalue weighted by atomic mass is 10.1. The van der Waals surface area contributed by atoms with Crippen LogP contribution in [0.3, 0.4) is 0 Å². The normalized spacial score (nSPS) is 10.6. The first-order valence-electron chi connectivity index (χ1n) is 10.8. The van der Waals surface area contributed by atoms with Crippen molar-refractivity contribution in [2.45, 2.75) is 45.1 Å². The maximum Gasteiger partial charge on any atom is 0.137 e. The summed E-state index contributed by atoms with van der Waals surface area (Å²) in [7, 11) is 1.62. The number of nitrogens with zero attached hydrogens (tertiary/aromatic N) is 3. The summed E-state index contributed by atoms with van der Waals surface area (Å²) in [4.78, 5) is 3.95. The molecule has 2 aromatic carbocycles. The number of ether oxygens (including phenoxy) is 2. The highest BCUT2D eigenvalue weighted by Crippen LogP contribution is 2.18. The van der Waals surface area contributed by atoms with Gasteiger partial charge in [-0.05, 0) is 49.2 Å². The summed E-state index contributed by atoms with van der Waals surface area (Å²) in [6, 6.07) is 15.2. The fourth-order valence-electron chi connectivity index (χ4n) is 3.25. The SMILES string of the molecule is COc1cccc(C(=N)Nc2ccc(OCCCCCCCCn3cncn3)cc2)c1. The number of amidine groups is 1. The van der Waals surface area contributed by atoms with E-state index in [4.69, 9.17) is 14.9 Å². The van der Waals surface area contributed by atoms with Crippen molar-refractivity contribution in [1.29, 1.82) is 5.41 Å². The molecule has 0 radical (unpaired) electrons. The number of benzene rings is 2. The molecular formula is C24H31N5O2. The molecule has 164 valence electrons. The average Bonchev–Trinajstić information content (AvgIpc) is 3.32. The number of hydrogen-bond acceptors (Lipinski definition) is 5. The first-order valence-corrected chi connectivity index (χ1v) is 10.8. The summed E-state index contributed by atoms with van der Waals surface area (Å²) < 4.78 is 12.9. The predicted molar refractivity (Wildman–Crippen MR) is 123 cm³/mol. The zero-order valence-electron chi connectivity index (χ0n) is 18.1. The van der Waals surface area contributed by atoms with Crippen molar-refractivity contribution in [3.8, 4) is 11.5 Å². The topological polar surface area (TPSA) is 85.0 Å². The summed E-state index contributed by atoms with van der Waals surface area (Å²) in [5.74, 6) is 1.92. The zero-order valence-corrected chi connectivity index (χ0v) is 18.1. The van der Waals surface area contributed by atoms with Crippen molar-refractivity contribution < 1.29 is 9.47 Å². The van der Waals surface area contributed by atoms with Gasteiger partial charge in [0.1, 0.15) is 30.0 Å². The molecular weight excluding hydrogens is 390 g/mol. The van der Waals surface area contributed by atoms with Crippen LogP contribution in [0.2, 0.25) is 0 Å². The number of rotatable bonds is 13. The van der Waals surface area contributed by atoms with Crippen LogP contribution < -0.4 is 14.8 Å². The van der Waals surface area contributed by atoms with E-state index in [-0.39, 0.29) is 0 Å². The van der Waals surface area contributed by atoms with Crippen molar-refractivity contribution >= 4 is 11.5 Å². The van der Waals surface area contributed by atoms with E-state index in [9.17, 15) is 0 Å². The summed E-state index contributed by atoms with van der Waals surface area (Å²) in [6.07, 6.45) is 10.4. The second kappa shape index (κ2) is 12.4. The van der Waals surface area contributed by atoms with E-state index in [1.165, 1.54) is 25.7 Å². The van der Waals surface area contributed by atoms with Crippen LogP contribution in [-0.4, -0.2) is 34.3 Å². The van der Waals surface area contributed by atoms with Crippen molar-refractivity contribution in [2.24, 2.45) is 0 Å². The van der Waals surface area contributed by atoms with Gasteiger partial charge in [0.2, 0.25) is 0 Å². The molecule has 1 aromatic heterocycles. The molecule has 2 N–H and O–H groups in total. The second-order valence-electron chi connectivity index (χ2n) is 7.38. The van der Waals surface area contributed by atoms with Crippen molar-refractivity contribution in [1.82, 2.24) is 14.8 Å². The lowest BCUT2D eigenvalue weighted by Gasteiger charge is -2.11. The standard InChI is InChI=1S/C24H31N5O2/c1-30-23-10-8-9-20(17-23)24(25)28-21-11-13-22(14-12-21)31-16-7-5-3-2-4-6-15-29-19-26-18-27-29/h8-14,17-19H,2-7,15-16H2,1H3,(H2,25,28). The van der Waals surface area contributed by atoms with Crippen LogP contribution >= 0.6 is 0 Å². The van der Waals surface area contributed by atoms with Gasteiger partial charge in [-0.3, -0.25) is 10.1 Å². The molecule has 0 bridgehead atoms. The van der Waals surface area contributed by atoms with Gasteiger partial charge in [-0.2, -0.15) is 5.10 Å². The van der Waals surface area contributed by atoms with Crippen LogP contribution in [0.4, 0.5) is 5.69 Å². The minimum atomic E-state index is 0.328. The Morgan fingerprint density at radius 1 is 0.968 bits per heavy atom. The van der Waals surface area contributed by atoms with Gasteiger partial charge in [-0.1, -0.05) is 37.8 Å². The van der Waals surface area contributed by atoms with Gasteiger partial charge >= 0.3 is 0 Å². The smallest absolute Gasteiger partial charge is 0.137 e. The van der Waals surface area contributed by atoms with Crippen molar-refractivity contribution in [3.05, 3.63) is 66.7 Å². The van der Waals surface area contributed by atoms with E-state index in [2.05, 4.69) is 15.4 Å². The number of aromatic nitrogens is 3. The van der Waals surface area contributed by atoms with Crippen LogP contribution in [-0.2, 0) is 6.54 Å². The highest BCUT2D eigenvalue weighted by atomic mass is 16.5. The molecule has 1 heterocycles. The third kappa shape index (κ3) is 7.77. The Hall–Kier alpha value is -3.35. The third-order valence-electron chi connectivity index (χ3n) is 5.00. The number of unbranched alkanes of at least 4 members (excludes halogenated alkanes) is 5. The van der Waals surface area contributed by atoms with Crippen LogP contribution in [0.15, 0.2) is 61.2 Å². The number of methoxy groups -OCH3 is 1. The maximum atomic E-state index is 8.24. The number of nitrogens with one attached hydrogen (secondary N) is 2. The van der Waals surface area contributed by atoms with Gasteiger partial charge in [0.05, 0.1) is 13.7 Å². The monoisotopic (exact) mass is 421 g/mol. The van der Waals surface area contributed by atoms with Crippen LogP contribution in [0, 0.1) is 5.41 Å². The largest absolute Gasteiger partial charge is 0.497 e. The van der Waals surface area contributed by atoms with Crippen LogP contribution in [0.5, 0.6) is 11.5 Å². The Bertz CT molecular complexity index is 910. The summed E-state index contributed by atoms with van der Waals surface area (Å²) in [5.41, 5.74) is 1.63. The van der Waals surface area contributed by atoms with Gasteiger partial charge in [0.25, 0.3) is 0 Å². The molecule has 3 rings (SSSR count). The lowest BCUT2D eigenvalue weighted by Crippen LogP contribution is -2.11. The molecule has 0 aliphatic heterocycles. The molecule has 0 unspecified atom stereocenters. The van der Waals surface area contributed by atoms with Crippen LogP contribution in [0.1, 0.15) is 44.1 Å². The van der Waals surface area contributed by atoms with Gasteiger partial charge in [-0.15, -0.1) is 0 Å². The van der Waals surface area contributed by atoms with E-state index in [1.807, 2.05) is 53.2 Å². The molecule has 0 aliphatic rings. The van der Waals surface area contributed by atoms with E-state index in [0.29, 0.717) is 5.84 Å². The first-order chi connectivity index (χ1) is 15.2. The summed E-state index contributed by atoms with van der Waals surface area (Å²) in [5, 5.41) is 15.5. The van der Waals surface area contributed by atoms with Gasteiger partial charge < -0.3 is 14.8 Å². The summed E-state index contributed by atoms with van der Waals surface area (Å²) >= 11 is 0. The Morgan fingerprint density at radius 3 is 2.48 bits per heavy atom. The fraction of sp³-hybridized carbons (Fsp3) is 0.375. The predicted octanol–water partition coefficient (Wildman–Crippen LogP) is 5.14. The highest BCUT2D eigenvalue weighted by molar-refractivity contribution is 6.06. The molecule has 0 spiro atoms. The van der Waals surface area contributed by atoms with Gasteiger partial charge in [-0.25, -0.2) is 4.98 Å². The van der Waals surface area contributed by atoms with Gasteiger partial charge in [0.15, 0.2) is 0 Å². The minimum absolute atomic E-state index is 0.328. The number of anilines is 1. The Balaban J connectivity index is 1.27. The molecule has 7 heteroatoms.